The van der Waals surface area contributed by atoms with Crippen molar-refractivity contribution in [3.8, 4) is 0 Å². The van der Waals surface area contributed by atoms with Crippen LogP contribution in [0.3, 0.4) is 0 Å². The fraction of sp³-hybridized carbons (Fsp3) is 0.588. The van der Waals surface area contributed by atoms with E-state index in [1.165, 1.54) is 5.56 Å². The predicted molar refractivity (Wildman–Crippen MR) is 84.0 cm³/mol. The van der Waals surface area contributed by atoms with E-state index in [0.29, 0.717) is 12.5 Å². The third-order valence-corrected chi connectivity index (χ3v) is 4.06. The highest BCUT2D eigenvalue weighted by atomic mass is 16.5. The third kappa shape index (κ3) is 4.83. The van der Waals surface area contributed by atoms with Crippen LogP contribution in [-0.4, -0.2) is 42.6 Å². The van der Waals surface area contributed by atoms with Gasteiger partial charge in [0.05, 0.1) is 12.1 Å². The van der Waals surface area contributed by atoms with Crippen LogP contribution in [0.2, 0.25) is 0 Å². The first kappa shape index (κ1) is 16.0. The Hall–Kier alpha value is -1.39. The summed E-state index contributed by atoms with van der Waals surface area (Å²) in [4.78, 5) is 14.2. The number of rotatable bonds is 6. The predicted octanol–water partition coefficient (Wildman–Crippen LogP) is 1.97. The Morgan fingerprint density at radius 3 is 2.62 bits per heavy atom. The summed E-state index contributed by atoms with van der Waals surface area (Å²) < 4.78 is 5.61. The molecule has 0 radical (unpaired) electrons. The summed E-state index contributed by atoms with van der Waals surface area (Å²) in [5.74, 6) is 0.0841. The van der Waals surface area contributed by atoms with Gasteiger partial charge in [-0.15, -0.1) is 0 Å². The third-order valence-electron chi connectivity index (χ3n) is 4.06. The monoisotopic (exact) mass is 290 g/mol. The second-order valence-corrected chi connectivity index (χ2v) is 5.61. The van der Waals surface area contributed by atoms with E-state index in [1.807, 2.05) is 30.0 Å². The van der Waals surface area contributed by atoms with Gasteiger partial charge in [-0.05, 0) is 38.2 Å². The van der Waals surface area contributed by atoms with Crippen molar-refractivity contribution in [3.05, 3.63) is 35.9 Å². The number of hydrogen-bond donors (Lipinski definition) is 1. The number of ether oxygens (including phenoxy) is 1. The van der Waals surface area contributed by atoms with E-state index in [9.17, 15) is 4.79 Å². The number of benzene rings is 1. The van der Waals surface area contributed by atoms with Crippen molar-refractivity contribution in [1.82, 2.24) is 4.90 Å². The maximum Gasteiger partial charge on any atom is 0.239 e. The molecule has 0 spiro atoms. The van der Waals surface area contributed by atoms with Gasteiger partial charge in [0.1, 0.15) is 0 Å². The lowest BCUT2D eigenvalue weighted by molar-refractivity contribution is -0.135. The Morgan fingerprint density at radius 1 is 1.33 bits per heavy atom. The maximum atomic E-state index is 12.3. The van der Waals surface area contributed by atoms with Gasteiger partial charge in [0, 0.05) is 19.7 Å². The molecule has 1 saturated heterocycles. The van der Waals surface area contributed by atoms with E-state index in [-0.39, 0.29) is 5.91 Å². The van der Waals surface area contributed by atoms with Gasteiger partial charge in [0.25, 0.3) is 0 Å². The number of nitrogens with zero attached hydrogens (tertiary/aromatic N) is 1. The van der Waals surface area contributed by atoms with Gasteiger partial charge in [-0.25, -0.2) is 0 Å². The molecular weight excluding hydrogens is 264 g/mol. The van der Waals surface area contributed by atoms with Crippen molar-refractivity contribution < 1.29 is 9.53 Å². The summed E-state index contributed by atoms with van der Waals surface area (Å²) in [5, 5.41) is 0. The zero-order valence-corrected chi connectivity index (χ0v) is 12.8. The van der Waals surface area contributed by atoms with Crippen LogP contribution in [-0.2, 0) is 16.0 Å². The molecule has 1 heterocycles. The molecule has 1 fully saturated rings. The Kier molecular flexibility index (Phi) is 6.21. The molecule has 1 aliphatic rings. The number of amides is 1. The molecule has 1 aromatic rings. The van der Waals surface area contributed by atoms with Crippen LogP contribution in [0.4, 0.5) is 0 Å². The lowest BCUT2D eigenvalue weighted by Crippen LogP contribution is -2.48. The van der Waals surface area contributed by atoms with Gasteiger partial charge in [-0.3, -0.25) is 4.79 Å². The molecule has 0 aromatic heterocycles. The van der Waals surface area contributed by atoms with Crippen LogP contribution < -0.4 is 5.73 Å². The SMILES string of the molecule is CCOC1CCN(C(=O)[C@@H](N)CCc2ccccc2)CC1. The molecule has 1 aromatic carbocycles. The van der Waals surface area contributed by atoms with Crippen LogP contribution in [0.5, 0.6) is 0 Å². The summed E-state index contributed by atoms with van der Waals surface area (Å²) in [6.45, 7) is 4.29. The van der Waals surface area contributed by atoms with Crippen LogP contribution in [0.1, 0.15) is 31.7 Å². The topological polar surface area (TPSA) is 55.6 Å². The van der Waals surface area contributed by atoms with E-state index in [1.54, 1.807) is 0 Å². The Balaban J connectivity index is 1.75. The molecule has 116 valence electrons. The fourth-order valence-electron chi connectivity index (χ4n) is 2.80. The molecular formula is C17H26N2O2. The molecule has 2 rings (SSSR count). The minimum Gasteiger partial charge on any atom is -0.378 e. The summed E-state index contributed by atoms with van der Waals surface area (Å²) in [5.41, 5.74) is 7.30. The molecule has 21 heavy (non-hydrogen) atoms. The molecule has 2 N–H and O–H groups in total. The quantitative estimate of drug-likeness (QED) is 0.871. The summed E-state index contributed by atoms with van der Waals surface area (Å²) in [7, 11) is 0. The minimum absolute atomic E-state index is 0.0841. The van der Waals surface area contributed by atoms with Crippen molar-refractivity contribution in [2.75, 3.05) is 19.7 Å². The molecule has 0 unspecified atom stereocenters. The standard InChI is InChI=1S/C17H26N2O2/c1-2-21-15-10-12-19(13-11-15)17(20)16(18)9-8-14-6-4-3-5-7-14/h3-7,15-16H,2,8-13,18H2,1H3/t16-/m0/s1. The Labute approximate surface area is 127 Å². The molecule has 4 heteroatoms. The van der Waals surface area contributed by atoms with Gasteiger partial charge >= 0.3 is 0 Å². The van der Waals surface area contributed by atoms with Crippen LogP contribution in [0.25, 0.3) is 0 Å². The molecule has 1 amide bonds. The molecule has 0 saturated carbocycles. The number of likely N-dealkylation sites (tertiary alicyclic amines) is 1. The van der Waals surface area contributed by atoms with Crippen molar-refractivity contribution in [1.29, 1.82) is 0 Å². The van der Waals surface area contributed by atoms with E-state index in [0.717, 1.165) is 39.0 Å². The minimum atomic E-state index is -0.395. The van der Waals surface area contributed by atoms with Crippen molar-refractivity contribution in [3.63, 3.8) is 0 Å². The largest absolute Gasteiger partial charge is 0.378 e. The number of nitrogens with two attached hydrogens (primary N) is 1. The van der Waals surface area contributed by atoms with Crippen LogP contribution in [0, 0.1) is 0 Å². The zero-order valence-electron chi connectivity index (χ0n) is 12.8. The first-order valence-corrected chi connectivity index (χ1v) is 7.90. The van der Waals surface area contributed by atoms with Gasteiger partial charge in [0.15, 0.2) is 0 Å². The van der Waals surface area contributed by atoms with Crippen molar-refractivity contribution in [2.24, 2.45) is 5.73 Å². The normalized spacial score (nSPS) is 17.7. The highest BCUT2D eigenvalue weighted by Gasteiger charge is 2.26. The van der Waals surface area contributed by atoms with E-state index < -0.39 is 6.04 Å². The molecule has 1 atom stereocenters. The number of piperidine rings is 1. The number of aryl methyl sites for hydroxylation is 1. The molecule has 1 aliphatic heterocycles. The Bertz CT molecular complexity index is 428. The van der Waals surface area contributed by atoms with Crippen LogP contribution >= 0.6 is 0 Å². The highest BCUT2D eigenvalue weighted by molar-refractivity contribution is 5.81. The number of hydrogen-bond acceptors (Lipinski definition) is 3. The molecule has 4 nitrogen and oxygen atoms in total. The lowest BCUT2D eigenvalue weighted by Gasteiger charge is -2.33. The first-order valence-electron chi connectivity index (χ1n) is 7.90. The highest BCUT2D eigenvalue weighted by Crippen LogP contribution is 2.15. The average molecular weight is 290 g/mol. The Morgan fingerprint density at radius 2 is 2.00 bits per heavy atom. The summed E-state index contributed by atoms with van der Waals surface area (Å²) >= 11 is 0. The maximum absolute atomic E-state index is 12.3. The number of carbonyl (C=O) groups is 1. The van der Waals surface area contributed by atoms with Crippen molar-refractivity contribution >= 4 is 5.91 Å². The summed E-state index contributed by atoms with van der Waals surface area (Å²) in [6, 6.07) is 9.78. The summed E-state index contributed by atoms with van der Waals surface area (Å²) in [6.07, 6.45) is 3.70. The van der Waals surface area contributed by atoms with Crippen molar-refractivity contribution in [2.45, 2.75) is 44.8 Å². The smallest absolute Gasteiger partial charge is 0.239 e. The van der Waals surface area contributed by atoms with E-state index in [2.05, 4.69) is 12.1 Å². The fourth-order valence-corrected chi connectivity index (χ4v) is 2.80. The van der Waals surface area contributed by atoms with Gasteiger partial charge in [-0.1, -0.05) is 30.3 Å². The zero-order chi connectivity index (χ0) is 15.1. The van der Waals surface area contributed by atoms with Gasteiger partial charge in [0.2, 0.25) is 5.91 Å². The van der Waals surface area contributed by atoms with E-state index in [4.69, 9.17) is 10.5 Å². The van der Waals surface area contributed by atoms with Crippen LogP contribution in [0.15, 0.2) is 30.3 Å². The second-order valence-electron chi connectivity index (χ2n) is 5.61. The average Bonchev–Trinajstić information content (AvgIpc) is 2.54. The lowest BCUT2D eigenvalue weighted by atomic mass is 10.0. The molecule has 0 bridgehead atoms. The first-order chi connectivity index (χ1) is 10.2. The van der Waals surface area contributed by atoms with E-state index >= 15 is 0 Å². The van der Waals surface area contributed by atoms with Gasteiger partial charge in [-0.2, -0.15) is 0 Å². The molecule has 0 aliphatic carbocycles. The van der Waals surface area contributed by atoms with Gasteiger partial charge < -0.3 is 15.4 Å². The second kappa shape index (κ2) is 8.15. The number of carbonyl (C=O) groups excluding carboxylic acids is 1.